The summed E-state index contributed by atoms with van der Waals surface area (Å²) in [5.74, 6) is 0.458. The zero-order valence-electron chi connectivity index (χ0n) is 18.2. The van der Waals surface area contributed by atoms with Gasteiger partial charge in [0.2, 0.25) is 21.7 Å². The van der Waals surface area contributed by atoms with E-state index in [0.717, 1.165) is 17.7 Å². The summed E-state index contributed by atoms with van der Waals surface area (Å²) in [5, 5.41) is 3.89. The van der Waals surface area contributed by atoms with Crippen LogP contribution in [0.2, 0.25) is 0 Å². The summed E-state index contributed by atoms with van der Waals surface area (Å²) in [6.07, 6.45) is -3.12. The van der Waals surface area contributed by atoms with Crippen LogP contribution in [-0.2, 0) is 16.2 Å². The summed E-state index contributed by atoms with van der Waals surface area (Å²) in [6.45, 7) is 4.68. The summed E-state index contributed by atoms with van der Waals surface area (Å²) >= 11 is 0. The second-order valence-corrected chi connectivity index (χ2v) is 10.4. The molecule has 0 aliphatic carbocycles. The topological polar surface area (TPSA) is 76.3 Å². The van der Waals surface area contributed by atoms with Crippen molar-refractivity contribution < 1.29 is 26.1 Å². The van der Waals surface area contributed by atoms with E-state index in [0.29, 0.717) is 30.9 Å². The Bertz CT molecular complexity index is 1200. The largest absolute Gasteiger partial charge is 0.416 e. The number of benzene rings is 2. The Hall–Kier alpha value is -2.72. The first-order valence-electron chi connectivity index (χ1n) is 10.7. The molecule has 0 spiro atoms. The molecular weight excluding hydrogens is 455 g/mol. The van der Waals surface area contributed by atoms with Crippen LogP contribution in [0.15, 0.2) is 57.9 Å². The van der Waals surface area contributed by atoms with Crippen molar-refractivity contribution in [1.29, 1.82) is 0 Å². The van der Waals surface area contributed by atoms with Crippen molar-refractivity contribution in [2.45, 2.75) is 49.6 Å². The molecule has 10 heteroatoms. The van der Waals surface area contributed by atoms with E-state index in [-0.39, 0.29) is 29.1 Å². The van der Waals surface area contributed by atoms with E-state index in [9.17, 15) is 21.6 Å². The highest BCUT2D eigenvalue weighted by atomic mass is 32.2. The maximum absolute atomic E-state index is 13.2. The standard InChI is InChI=1S/C23H24F3N3O3S/c1-15(2)16-7-11-20(12-8-16)33(30,31)29-13-3-4-18(14-29)22-27-21(28-32-22)17-5-9-19(10-6-17)23(24,25)26/h5-12,15,18H,3-4,13-14H2,1-2H3/t18-/m1/s1. The monoisotopic (exact) mass is 479 g/mol. The van der Waals surface area contributed by atoms with E-state index in [2.05, 4.69) is 10.1 Å². The Morgan fingerprint density at radius 2 is 1.73 bits per heavy atom. The second kappa shape index (κ2) is 8.90. The molecule has 33 heavy (non-hydrogen) atoms. The van der Waals surface area contributed by atoms with Crippen molar-refractivity contribution >= 4 is 10.0 Å². The lowest BCUT2D eigenvalue weighted by Crippen LogP contribution is -2.39. The SMILES string of the molecule is CC(C)c1ccc(S(=O)(=O)N2CCC[C@@H](c3nc(-c4ccc(C(F)(F)F)cc4)no3)C2)cc1. The molecule has 2 heterocycles. The molecule has 3 aromatic rings. The van der Waals surface area contributed by atoms with E-state index in [1.165, 1.54) is 16.4 Å². The lowest BCUT2D eigenvalue weighted by molar-refractivity contribution is -0.137. The minimum atomic E-state index is -4.42. The molecule has 1 aromatic heterocycles. The van der Waals surface area contributed by atoms with Crippen LogP contribution >= 0.6 is 0 Å². The number of halogens is 3. The zero-order chi connectivity index (χ0) is 23.8. The van der Waals surface area contributed by atoms with Crippen LogP contribution in [0.5, 0.6) is 0 Å². The molecule has 1 atom stereocenters. The number of alkyl halides is 3. The fourth-order valence-corrected chi connectivity index (χ4v) is 5.39. The lowest BCUT2D eigenvalue weighted by atomic mass is 10.00. The van der Waals surface area contributed by atoms with E-state index in [1.54, 1.807) is 12.1 Å². The average Bonchev–Trinajstić information content (AvgIpc) is 3.29. The van der Waals surface area contributed by atoms with Crippen LogP contribution in [0, 0.1) is 0 Å². The number of sulfonamides is 1. The summed E-state index contributed by atoms with van der Waals surface area (Å²) in [4.78, 5) is 4.58. The van der Waals surface area contributed by atoms with Gasteiger partial charge in [-0.3, -0.25) is 0 Å². The Kier molecular flexibility index (Phi) is 6.32. The predicted octanol–water partition coefficient (Wildman–Crippen LogP) is 5.45. The number of piperidine rings is 1. The minimum Gasteiger partial charge on any atom is -0.339 e. The molecule has 1 aliphatic heterocycles. The third-order valence-corrected chi connectivity index (χ3v) is 7.71. The molecule has 0 N–H and O–H groups in total. The first-order valence-corrected chi connectivity index (χ1v) is 12.1. The van der Waals surface area contributed by atoms with E-state index in [1.807, 2.05) is 26.0 Å². The van der Waals surface area contributed by atoms with E-state index >= 15 is 0 Å². The van der Waals surface area contributed by atoms with Gasteiger partial charge in [0.1, 0.15) is 0 Å². The first-order chi connectivity index (χ1) is 15.6. The first kappa shape index (κ1) is 23.4. The van der Waals surface area contributed by atoms with Crippen LogP contribution in [0.4, 0.5) is 13.2 Å². The van der Waals surface area contributed by atoms with Crippen molar-refractivity contribution in [3.05, 3.63) is 65.5 Å². The number of aromatic nitrogens is 2. The van der Waals surface area contributed by atoms with Gasteiger partial charge < -0.3 is 4.52 Å². The summed E-state index contributed by atoms with van der Waals surface area (Å²) in [7, 11) is -3.67. The number of rotatable bonds is 5. The second-order valence-electron chi connectivity index (χ2n) is 8.46. The van der Waals surface area contributed by atoms with Gasteiger partial charge in [0.25, 0.3) is 0 Å². The third-order valence-electron chi connectivity index (χ3n) is 5.83. The summed E-state index contributed by atoms with van der Waals surface area (Å²) in [6, 6.07) is 11.4. The molecular formula is C23H24F3N3O3S. The smallest absolute Gasteiger partial charge is 0.339 e. The van der Waals surface area contributed by atoms with E-state index in [4.69, 9.17) is 4.52 Å². The van der Waals surface area contributed by atoms with Crippen molar-refractivity contribution in [3.8, 4) is 11.4 Å². The molecule has 0 amide bonds. The van der Waals surface area contributed by atoms with Crippen molar-refractivity contribution in [2.24, 2.45) is 0 Å². The third kappa shape index (κ3) is 4.96. The highest BCUT2D eigenvalue weighted by molar-refractivity contribution is 7.89. The molecule has 6 nitrogen and oxygen atoms in total. The number of nitrogens with zero attached hydrogens (tertiary/aromatic N) is 3. The van der Waals surface area contributed by atoms with Gasteiger partial charge in [0, 0.05) is 18.7 Å². The van der Waals surface area contributed by atoms with Crippen LogP contribution in [0.25, 0.3) is 11.4 Å². The van der Waals surface area contributed by atoms with Crippen molar-refractivity contribution in [3.63, 3.8) is 0 Å². The highest BCUT2D eigenvalue weighted by Crippen LogP contribution is 2.33. The lowest BCUT2D eigenvalue weighted by Gasteiger charge is -2.30. The Morgan fingerprint density at radius 3 is 2.33 bits per heavy atom. The Balaban J connectivity index is 1.50. The molecule has 1 aliphatic rings. The molecule has 1 fully saturated rings. The fraction of sp³-hybridized carbons (Fsp3) is 0.391. The van der Waals surface area contributed by atoms with Gasteiger partial charge in [0.05, 0.1) is 16.4 Å². The Labute approximate surface area is 190 Å². The van der Waals surface area contributed by atoms with E-state index < -0.39 is 21.8 Å². The van der Waals surface area contributed by atoms with Gasteiger partial charge in [-0.2, -0.15) is 22.5 Å². The van der Waals surface area contributed by atoms with Crippen molar-refractivity contribution in [2.75, 3.05) is 13.1 Å². The Morgan fingerprint density at radius 1 is 1.06 bits per heavy atom. The zero-order valence-corrected chi connectivity index (χ0v) is 19.0. The fourth-order valence-electron chi connectivity index (χ4n) is 3.86. The normalized spacial score (nSPS) is 18.1. The average molecular weight is 480 g/mol. The predicted molar refractivity (Wildman–Crippen MR) is 116 cm³/mol. The highest BCUT2D eigenvalue weighted by Gasteiger charge is 2.34. The van der Waals surface area contributed by atoms with Crippen molar-refractivity contribution in [1.82, 2.24) is 14.4 Å². The maximum atomic E-state index is 13.2. The van der Waals surface area contributed by atoms with Gasteiger partial charge in [-0.15, -0.1) is 0 Å². The minimum absolute atomic E-state index is 0.169. The molecule has 176 valence electrons. The molecule has 4 rings (SSSR count). The van der Waals surface area contributed by atoms with Crippen LogP contribution in [0.3, 0.4) is 0 Å². The molecule has 0 saturated carbocycles. The van der Waals surface area contributed by atoms with Gasteiger partial charge in [0.15, 0.2) is 0 Å². The summed E-state index contributed by atoms with van der Waals surface area (Å²) in [5.41, 5.74) is 0.695. The summed E-state index contributed by atoms with van der Waals surface area (Å²) < 4.78 is 71.4. The van der Waals surface area contributed by atoms with Crippen LogP contribution in [-0.4, -0.2) is 36.0 Å². The molecule has 0 bridgehead atoms. The van der Waals surface area contributed by atoms with Gasteiger partial charge in [-0.1, -0.05) is 43.3 Å². The maximum Gasteiger partial charge on any atom is 0.416 e. The number of hydrogen-bond acceptors (Lipinski definition) is 5. The van der Waals surface area contributed by atoms with Gasteiger partial charge >= 0.3 is 6.18 Å². The quantitative estimate of drug-likeness (QED) is 0.487. The molecule has 1 saturated heterocycles. The molecule has 0 unspecified atom stereocenters. The van der Waals surface area contributed by atoms with Gasteiger partial charge in [-0.25, -0.2) is 8.42 Å². The molecule has 0 radical (unpaired) electrons. The number of hydrogen-bond donors (Lipinski definition) is 0. The van der Waals surface area contributed by atoms with Gasteiger partial charge in [-0.05, 0) is 48.6 Å². The molecule has 2 aromatic carbocycles. The van der Waals surface area contributed by atoms with Crippen LogP contribution in [0.1, 0.15) is 55.5 Å². The van der Waals surface area contributed by atoms with Crippen LogP contribution < -0.4 is 0 Å².